The predicted octanol–water partition coefficient (Wildman–Crippen LogP) is 4.08. The Hall–Kier alpha value is -4.18. The van der Waals surface area contributed by atoms with Crippen LogP contribution in [-0.4, -0.2) is 59.9 Å². The number of rotatable bonds is 9. The molecule has 2 aromatic carbocycles. The molecule has 0 radical (unpaired) electrons. The van der Waals surface area contributed by atoms with Gasteiger partial charge in [0.05, 0.1) is 18.6 Å². The standard InChI is InChI=1S/C35H41N5O5/c1-33(12-6-13-33)20-36-32(43)35(16-18-44-22-35)23-7-5-8-24(19-23)38-31(42)29(39-30(41)26-11-17-37-40(26)2)28-25-9-3-4-10-27(25)45-21-34(28)14-15-34/h3-5,7-11,17,19,28-29H,6,12-16,18,20-22H2,1-2H3,(H,36,43)(H,38,42)(H,39,41)/t28?,29-,35?/m0/s1. The van der Waals surface area contributed by atoms with E-state index in [0.717, 1.165) is 42.6 Å². The lowest BCUT2D eigenvalue weighted by atomic mass is 9.70. The number of amides is 3. The molecule has 2 aliphatic heterocycles. The fourth-order valence-corrected chi connectivity index (χ4v) is 7.41. The summed E-state index contributed by atoms with van der Waals surface area (Å²) in [6.07, 6.45) is 7.38. The van der Waals surface area contributed by atoms with E-state index >= 15 is 0 Å². The molecule has 2 aliphatic carbocycles. The van der Waals surface area contributed by atoms with Crippen LogP contribution in [0.1, 0.15) is 73.0 Å². The van der Waals surface area contributed by atoms with Gasteiger partial charge in [-0.1, -0.05) is 43.7 Å². The van der Waals surface area contributed by atoms with Gasteiger partial charge in [0.1, 0.15) is 17.5 Å². The van der Waals surface area contributed by atoms with Crippen molar-refractivity contribution in [2.24, 2.45) is 17.9 Å². The van der Waals surface area contributed by atoms with E-state index < -0.39 is 11.5 Å². The van der Waals surface area contributed by atoms with Crippen LogP contribution < -0.4 is 20.7 Å². The van der Waals surface area contributed by atoms with Crippen LogP contribution in [0.5, 0.6) is 5.75 Å². The number of nitrogens with zero attached hydrogens (tertiary/aromatic N) is 2. The second-order valence-electron chi connectivity index (χ2n) is 13.8. The number of aryl methyl sites for hydroxylation is 1. The topological polar surface area (TPSA) is 124 Å². The molecule has 0 bridgehead atoms. The van der Waals surface area contributed by atoms with Crippen molar-refractivity contribution in [3.8, 4) is 5.75 Å². The minimum absolute atomic E-state index is 0.0348. The maximum Gasteiger partial charge on any atom is 0.270 e. The van der Waals surface area contributed by atoms with Gasteiger partial charge in [0.2, 0.25) is 11.8 Å². The Morgan fingerprint density at radius 3 is 2.53 bits per heavy atom. The van der Waals surface area contributed by atoms with E-state index in [4.69, 9.17) is 9.47 Å². The van der Waals surface area contributed by atoms with Crippen LogP contribution in [0.2, 0.25) is 0 Å². The van der Waals surface area contributed by atoms with E-state index in [9.17, 15) is 14.4 Å². The van der Waals surface area contributed by atoms with Crippen LogP contribution in [0.3, 0.4) is 0 Å². The molecule has 45 heavy (non-hydrogen) atoms. The summed E-state index contributed by atoms with van der Waals surface area (Å²) in [5.41, 5.74) is 1.74. The van der Waals surface area contributed by atoms with Gasteiger partial charge in [0.25, 0.3) is 5.91 Å². The first kappa shape index (κ1) is 29.5. The minimum atomic E-state index is -0.876. The minimum Gasteiger partial charge on any atom is -0.493 e. The Morgan fingerprint density at radius 1 is 1.02 bits per heavy atom. The molecule has 236 valence electrons. The molecule has 4 aliphatic rings. The fraction of sp³-hybridized carbons (Fsp3) is 0.486. The first-order valence-corrected chi connectivity index (χ1v) is 16.0. The smallest absolute Gasteiger partial charge is 0.270 e. The lowest BCUT2D eigenvalue weighted by molar-refractivity contribution is -0.127. The van der Waals surface area contributed by atoms with Crippen molar-refractivity contribution in [1.82, 2.24) is 20.4 Å². The Morgan fingerprint density at radius 2 is 1.84 bits per heavy atom. The fourth-order valence-electron chi connectivity index (χ4n) is 7.41. The second-order valence-corrected chi connectivity index (χ2v) is 13.8. The van der Waals surface area contributed by atoms with Gasteiger partial charge in [-0.25, -0.2) is 0 Å². The first-order valence-electron chi connectivity index (χ1n) is 16.0. The summed E-state index contributed by atoms with van der Waals surface area (Å²) >= 11 is 0. The molecule has 3 atom stereocenters. The van der Waals surface area contributed by atoms with Crippen LogP contribution >= 0.6 is 0 Å². The van der Waals surface area contributed by atoms with Crippen LogP contribution in [0.25, 0.3) is 0 Å². The van der Waals surface area contributed by atoms with Crippen LogP contribution in [0.15, 0.2) is 60.8 Å². The molecular formula is C35H41N5O5. The molecular weight excluding hydrogens is 570 g/mol. The third-order valence-corrected chi connectivity index (χ3v) is 10.7. The van der Waals surface area contributed by atoms with Crippen LogP contribution in [-0.2, 0) is 26.8 Å². The van der Waals surface area contributed by atoms with Crippen molar-refractivity contribution in [2.75, 3.05) is 31.7 Å². The van der Waals surface area contributed by atoms with Gasteiger partial charge in [0.15, 0.2) is 0 Å². The number of anilines is 1. The van der Waals surface area contributed by atoms with Crippen molar-refractivity contribution in [3.05, 3.63) is 77.6 Å². The summed E-state index contributed by atoms with van der Waals surface area (Å²) in [6, 6.07) is 16.0. The molecule has 3 heterocycles. The van der Waals surface area contributed by atoms with E-state index in [2.05, 4.69) is 28.0 Å². The van der Waals surface area contributed by atoms with Crippen LogP contribution in [0, 0.1) is 10.8 Å². The normalized spacial score (nSPS) is 24.4. The van der Waals surface area contributed by atoms with E-state index in [0.29, 0.717) is 37.6 Å². The molecule has 10 heteroatoms. The molecule has 1 saturated heterocycles. The molecule has 2 saturated carbocycles. The highest BCUT2D eigenvalue weighted by Crippen LogP contribution is 2.61. The number of ether oxygens (including phenoxy) is 2. The average molecular weight is 612 g/mol. The Bertz CT molecular complexity index is 1620. The van der Waals surface area contributed by atoms with E-state index in [-0.39, 0.29) is 41.1 Å². The predicted molar refractivity (Wildman–Crippen MR) is 168 cm³/mol. The lowest BCUT2D eigenvalue weighted by Crippen LogP contribution is -2.52. The highest BCUT2D eigenvalue weighted by atomic mass is 16.5. The number of hydrogen-bond donors (Lipinski definition) is 3. The Kier molecular flexibility index (Phi) is 7.43. The summed E-state index contributed by atoms with van der Waals surface area (Å²) in [4.78, 5) is 41.6. The maximum atomic E-state index is 14.3. The summed E-state index contributed by atoms with van der Waals surface area (Å²) in [7, 11) is 1.70. The Labute approximate surface area is 263 Å². The van der Waals surface area contributed by atoms with Crippen molar-refractivity contribution in [3.63, 3.8) is 0 Å². The van der Waals surface area contributed by atoms with E-state index in [1.807, 2.05) is 48.5 Å². The third kappa shape index (κ3) is 5.39. The van der Waals surface area contributed by atoms with Gasteiger partial charge in [-0.3, -0.25) is 19.1 Å². The zero-order valence-electron chi connectivity index (χ0n) is 25.9. The van der Waals surface area contributed by atoms with Gasteiger partial charge in [0, 0.05) is 49.0 Å². The monoisotopic (exact) mass is 611 g/mol. The molecule has 3 fully saturated rings. The largest absolute Gasteiger partial charge is 0.493 e. The summed E-state index contributed by atoms with van der Waals surface area (Å²) in [5.74, 6) is -0.278. The summed E-state index contributed by atoms with van der Waals surface area (Å²) in [6.45, 7) is 4.14. The highest BCUT2D eigenvalue weighted by molar-refractivity contribution is 6.01. The quantitative estimate of drug-likeness (QED) is 0.335. The number of para-hydroxylation sites is 1. The zero-order chi connectivity index (χ0) is 31.2. The van der Waals surface area contributed by atoms with E-state index in [1.54, 1.807) is 19.3 Å². The summed E-state index contributed by atoms with van der Waals surface area (Å²) in [5, 5.41) is 13.5. The van der Waals surface area contributed by atoms with Gasteiger partial charge >= 0.3 is 0 Å². The highest BCUT2D eigenvalue weighted by Gasteiger charge is 2.58. The average Bonchev–Trinajstić information content (AvgIpc) is 3.39. The first-order chi connectivity index (χ1) is 21.7. The molecule has 1 spiro atoms. The number of nitrogens with one attached hydrogen (secondary N) is 3. The van der Waals surface area contributed by atoms with Crippen molar-refractivity contribution < 1.29 is 23.9 Å². The third-order valence-electron chi connectivity index (χ3n) is 10.7. The van der Waals surface area contributed by atoms with Gasteiger partial charge in [-0.2, -0.15) is 5.10 Å². The van der Waals surface area contributed by atoms with E-state index in [1.165, 1.54) is 11.1 Å². The molecule has 7 rings (SSSR count). The summed E-state index contributed by atoms with van der Waals surface area (Å²) < 4.78 is 13.4. The number of aromatic nitrogens is 2. The van der Waals surface area contributed by atoms with Gasteiger partial charge < -0.3 is 25.4 Å². The molecule has 10 nitrogen and oxygen atoms in total. The van der Waals surface area contributed by atoms with Gasteiger partial charge in [-0.15, -0.1) is 0 Å². The SMILES string of the molecule is Cn1nccc1C(=O)N[C@H](C(=O)Nc1cccc(C2(C(=O)NCC3(C)CCC3)CCOC2)c1)C1c2ccccc2OCC12CC2. The molecule has 1 aromatic heterocycles. The van der Waals surface area contributed by atoms with Crippen LogP contribution in [0.4, 0.5) is 5.69 Å². The number of carbonyl (C=O) groups is 3. The van der Waals surface area contributed by atoms with Crippen molar-refractivity contribution in [1.29, 1.82) is 0 Å². The lowest BCUT2D eigenvalue weighted by Gasteiger charge is -2.39. The van der Waals surface area contributed by atoms with Crippen molar-refractivity contribution in [2.45, 2.75) is 62.8 Å². The number of carbonyl (C=O) groups excluding carboxylic acids is 3. The number of benzene rings is 2. The molecule has 2 unspecified atom stereocenters. The Balaban J connectivity index is 1.18. The van der Waals surface area contributed by atoms with Crippen molar-refractivity contribution >= 4 is 23.4 Å². The zero-order valence-corrected chi connectivity index (χ0v) is 25.9. The van der Waals surface area contributed by atoms with Gasteiger partial charge in [-0.05, 0) is 67.3 Å². The maximum absolute atomic E-state index is 14.3. The second kappa shape index (κ2) is 11.3. The number of fused-ring (bicyclic) bond motifs is 1. The molecule has 3 aromatic rings. The number of hydrogen-bond acceptors (Lipinski definition) is 6. The molecule has 3 amide bonds. The molecule has 3 N–H and O–H groups in total.